The van der Waals surface area contributed by atoms with Gasteiger partial charge >= 0.3 is 0 Å². The highest BCUT2D eigenvalue weighted by Gasteiger charge is 2.00. The monoisotopic (exact) mass is 324 g/mol. The van der Waals surface area contributed by atoms with Gasteiger partial charge in [-0.25, -0.2) is 0 Å². The van der Waals surface area contributed by atoms with Crippen molar-refractivity contribution in [2.45, 2.75) is 13.2 Å². The maximum atomic E-state index is 5.88. The van der Waals surface area contributed by atoms with E-state index in [1.54, 1.807) is 0 Å². The van der Waals surface area contributed by atoms with Gasteiger partial charge < -0.3 is 9.47 Å². The predicted molar refractivity (Wildman–Crippen MR) is 93.0 cm³/mol. The molecule has 0 N–H and O–H groups in total. The lowest BCUT2D eigenvalue weighted by atomic mass is 10.2. The van der Waals surface area contributed by atoms with Crippen LogP contribution in [0.1, 0.15) is 11.1 Å². The van der Waals surface area contributed by atoms with Crippen molar-refractivity contribution in [1.29, 1.82) is 0 Å². The van der Waals surface area contributed by atoms with Crippen LogP contribution in [0.25, 0.3) is 0 Å². The Morgan fingerprint density at radius 1 is 0.609 bits per heavy atom. The van der Waals surface area contributed by atoms with Crippen LogP contribution >= 0.6 is 11.6 Å². The molecule has 0 aliphatic carbocycles. The predicted octanol–water partition coefficient (Wildman–Crippen LogP) is 5.50. The van der Waals surface area contributed by atoms with Gasteiger partial charge in [0.2, 0.25) is 0 Å². The number of hydrogen-bond donors (Lipinski definition) is 0. The zero-order chi connectivity index (χ0) is 15.9. The summed E-state index contributed by atoms with van der Waals surface area (Å²) >= 11 is 5.88. The van der Waals surface area contributed by atoms with E-state index >= 15 is 0 Å². The molecule has 0 fully saturated rings. The Balaban J connectivity index is 1.57. The standard InChI is InChI=1S/C20H17ClO2/c21-18-11-9-17(10-12-18)15-23-20-8-4-7-19(13-20)22-14-16-5-2-1-3-6-16/h1-13H,14-15H2. The summed E-state index contributed by atoms with van der Waals surface area (Å²) in [7, 11) is 0. The van der Waals surface area contributed by atoms with Crippen LogP contribution in [0.15, 0.2) is 78.9 Å². The molecule has 116 valence electrons. The lowest BCUT2D eigenvalue weighted by Gasteiger charge is -2.10. The molecule has 0 heterocycles. The van der Waals surface area contributed by atoms with Crippen molar-refractivity contribution in [1.82, 2.24) is 0 Å². The highest BCUT2D eigenvalue weighted by molar-refractivity contribution is 6.30. The van der Waals surface area contributed by atoms with E-state index < -0.39 is 0 Å². The Hall–Kier alpha value is -2.45. The summed E-state index contributed by atoms with van der Waals surface area (Å²) in [6.45, 7) is 1.04. The first-order valence-corrected chi connectivity index (χ1v) is 7.81. The van der Waals surface area contributed by atoms with E-state index in [1.165, 1.54) is 0 Å². The molecule has 0 atom stereocenters. The van der Waals surface area contributed by atoms with E-state index in [9.17, 15) is 0 Å². The quantitative estimate of drug-likeness (QED) is 0.596. The van der Waals surface area contributed by atoms with Crippen LogP contribution in [0.2, 0.25) is 5.02 Å². The lowest BCUT2D eigenvalue weighted by Crippen LogP contribution is -1.97. The third kappa shape index (κ3) is 4.76. The summed E-state index contributed by atoms with van der Waals surface area (Å²) in [5, 5.41) is 0.727. The van der Waals surface area contributed by atoms with Gasteiger partial charge in [0.15, 0.2) is 0 Å². The first-order valence-electron chi connectivity index (χ1n) is 7.44. The van der Waals surface area contributed by atoms with Gasteiger partial charge in [-0.1, -0.05) is 60.1 Å². The summed E-state index contributed by atoms with van der Waals surface area (Å²) in [5.41, 5.74) is 2.21. The fourth-order valence-corrected chi connectivity index (χ4v) is 2.27. The number of benzene rings is 3. The minimum Gasteiger partial charge on any atom is -0.489 e. The van der Waals surface area contributed by atoms with Crippen LogP contribution in [-0.2, 0) is 13.2 Å². The van der Waals surface area contributed by atoms with E-state index in [4.69, 9.17) is 21.1 Å². The van der Waals surface area contributed by atoms with Gasteiger partial charge in [-0.2, -0.15) is 0 Å². The largest absolute Gasteiger partial charge is 0.489 e. The van der Waals surface area contributed by atoms with Crippen LogP contribution < -0.4 is 9.47 Å². The van der Waals surface area contributed by atoms with Gasteiger partial charge in [-0.3, -0.25) is 0 Å². The molecule has 0 unspecified atom stereocenters. The smallest absolute Gasteiger partial charge is 0.123 e. The van der Waals surface area contributed by atoms with Crippen LogP contribution in [0.4, 0.5) is 0 Å². The molecule has 23 heavy (non-hydrogen) atoms. The topological polar surface area (TPSA) is 18.5 Å². The van der Waals surface area contributed by atoms with E-state index in [-0.39, 0.29) is 0 Å². The van der Waals surface area contributed by atoms with Gasteiger partial charge in [0.1, 0.15) is 24.7 Å². The molecule has 0 radical (unpaired) electrons. The number of ether oxygens (including phenoxy) is 2. The second kappa shape index (κ2) is 7.70. The Morgan fingerprint density at radius 2 is 1.17 bits per heavy atom. The maximum Gasteiger partial charge on any atom is 0.123 e. The first-order chi connectivity index (χ1) is 11.3. The highest BCUT2D eigenvalue weighted by Crippen LogP contribution is 2.21. The molecule has 0 saturated heterocycles. The SMILES string of the molecule is Clc1ccc(COc2cccc(OCc3ccccc3)c2)cc1. The molecule has 0 aliphatic rings. The van der Waals surface area contributed by atoms with E-state index in [1.807, 2.05) is 78.9 Å². The third-order valence-electron chi connectivity index (χ3n) is 3.37. The van der Waals surface area contributed by atoms with Gasteiger partial charge in [0.25, 0.3) is 0 Å². The molecule has 0 spiro atoms. The molecule has 0 saturated carbocycles. The van der Waals surface area contributed by atoms with Crippen molar-refractivity contribution < 1.29 is 9.47 Å². The second-order valence-electron chi connectivity index (χ2n) is 5.16. The van der Waals surface area contributed by atoms with Crippen LogP contribution in [0.3, 0.4) is 0 Å². The van der Waals surface area contributed by atoms with Crippen molar-refractivity contribution in [3.8, 4) is 11.5 Å². The van der Waals surface area contributed by atoms with Crippen molar-refractivity contribution >= 4 is 11.6 Å². The minimum absolute atomic E-state index is 0.499. The summed E-state index contributed by atoms with van der Waals surface area (Å²) in [4.78, 5) is 0. The maximum absolute atomic E-state index is 5.88. The Bertz CT molecular complexity index is 739. The van der Waals surface area contributed by atoms with Gasteiger partial charge in [-0.05, 0) is 35.4 Å². The van der Waals surface area contributed by atoms with Crippen LogP contribution in [-0.4, -0.2) is 0 Å². The van der Waals surface area contributed by atoms with E-state index in [0.717, 1.165) is 27.6 Å². The fraction of sp³-hybridized carbons (Fsp3) is 0.100. The zero-order valence-electron chi connectivity index (χ0n) is 12.6. The first kappa shape index (κ1) is 15.4. The summed E-state index contributed by atoms with van der Waals surface area (Å²) in [6, 6.07) is 25.4. The average molecular weight is 325 g/mol. The Labute approximate surface area is 141 Å². The minimum atomic E-state index is 0.499. The second-order valence-corrected chi connectivity index (χ2v) is 5.60. The molecule has 0 amide bonds. The molecule has 3 rings (SSSR count). The Kier molecular flexibility index (Phi) is 5.17. The summed E-state index contributed by atoms with van der Waals surface area (Å²) in [6.07, 6.45) is 0. The molecule has 3 heteroatoms. The molecule has 0 bridgehead atoms. The van der Waals surface area contributed by atoms with E-state index in [0.29, 0.717) is 13.2 Å². The van der Waals surface area contributed by atoms with Crippen molar-refractivity contribution in [2.75, 3.05) is 0 Å². The normalized spacial score (nSPS) is 10.3. The van der Waals surface area contributed by atoms with Crippen molar-refractivity contribution in [3.05, 3.63) is 95.0 Å². The number of rotatable bonds is 6. The van der Waals surface area contributed by atoms with E-state index in [2.05, 4.69) is 0 Å². The molecule has 2 nitrogen and oxygen atoms in total. The third-order valence-corrected chi connectivity index (χ3v) is 3.62. The van der Waals surface area contributed by atoms with Crippen LogP contribution in [0, 0.1) is 0 Å². The summed E-state index contributed by atoms with van der Waals surface area (Å²) < 4.78 is 11.6. The fourth-order valence-electron chi connectivity index (χ4n) is 2.14. The number of halogens is 1. The van der Waals surface area contributed by atoms with Gasteiger partial charge in [0, 0.05) is 11.1 Å². The molecule has 0 aliphatic heterocycles. The zero-order valence-corrected chi connectivity index (χ0v) is 13.4. The molecular formula is C20H17ClO2. The molecule has 0 aromatic heterocycles. The summed E-state index contributed by atoms with van der Waals surface area (Å²) in [5.74, 6) is 1.58. The Morgan fingerprint density at radius 3 is 1.78 bits per heavy atom. The number of hydrogen-bond acceptors (Lipinski definition) is 2. The molecular weight excluding hydrogens is 308 g/mol. The highest BCUT2D eigenvalue weighted by atomic mass is 35.5. The molecule has 3 aromatic rings. The van der Waals surface area contributed by atoms with Gasteiger partial charge in [0.05, 0.1) is 0 Å². The molecule has 3 aromatic carbocycles. The van der Waals surface area contributed by atoms with Crippen molar-refractivity contribution in [3.63, 3.8) is 0 Å². The van der Waals surface area contributed by atoms with Gasteiger partial charge in [-0.15, -0.1) is 0 Å². The van der Waals surface area contributed by atoms with Crippen LogP contribution in [0.5, 0.6) is 11.5 Å². The lowest BCUT2D eigenvalue weighted by molar-refractivity contribution is 0.290. The average Bonchev–Trinajstić information content (AvgIpc) is 2.61. The van der Waals surface area contributed by atoms with Crippen molar-refractivity contribution in [2.24, 2.45) is 0 Å².